The van der Waals surface area contributed by atoms with Crippen molar-refractivity contribution in [1.82, 2.24) is 15.5 Å². The molecule has 0 spiro atoms. The van der Waals surface area contributed by atoms with E-state index < -0.39 is 0 Å². The molecule has 0 amide bonds. The molecule has 1 aromatic rings. The summed E-state index contributed by atoms with van der Waals surface area (Å²) >= 11 is 0. The highest BCUT2D eigenvalue weighted by atomic mass is 15.1. The largest absolute Gasteiger partial charge is 0.308 e. The maximum Gasteiger partial charge on any atom is 0.0762 e. The van der Waals surface area contributed by atoms with E-state index in [2.05, 4.69) is 35.4 Å². The summed E-state index contributed by atoms with van der Waals surface area (Å²) in [5, 5.41) is 10.6. The Hall–Kier alpha value is -0.830. The second kappa shape index (κ2) is 2.84. The molecule has 2 N–H and O–H groups in total. The lowest BCUT2D eigenvalue weighted by molar-refractivity contribution is 0.538. The second-order valence-electron chi connectivity index (χ2n) is 4.67. The Kier molecular flexibility index (Phi) is 1.91. The zero-order valence-electron chi connectivity index (χ0n) is 8.52. The first kappa shape index (κ1) is 8.75. The van der Waals surface area contributed by atoms with Gasteiger partial charge in [-0.2, -0.15) is 5.10 Å². The van der Waals surface area contributed by atoms with E-state index in [-0.39, 0.29) is 0 Å². The fourth-order valence-electron chi connectivity index (χ4n) is 1.61. The molecule has 72 valence electrons. The average Bonchev–Trinajstić information content (AvgIpc) is 2.45. The zero-order chi connectivity index (χ0) is 9.47. The Balaban J connectivity index is 1.81. The predicted octanol–water partition coefficient (Wildman–Crippen LogP) is 1.61. The molecule has 0 radical (unpaired) electrons. The van der Waals surface area contributed by atoms with E-state index in [4.69, 9.17) is 0 Å². The number of nitrogens with one attached hydrogen (secondary N) is 2. The fourth-order valence-corrected chi connectivity index (χ4v) is 1.61. The van der Waals surface area contributed by atoms with Gasteiger partial charge in [0.05, 0.1) is 5.69 Å². The Labute approximate surface area is 78.9 Å². The standard InChI is InChI=1S/C10H17N3/c1-7-4-8(13-12-7)6-11-9-5-10(9,2)3/h4,9,11H,5-6H2,1-3H3,(H,12,13). The molecule has 13 heavy (non-hydrogen) atoms. The highest BCUT2D eigenvalue weighted by Crippen LogP contribution is 2.44. The van der Waals surface area contributed by atoms with Crippen LogP contribution >= 0.6 is 0 Å². The van der Waals surface area contributed by atoms with Gasteiger partial charge in [-0.25, -0.2) is 0 Å². The summed E-state index contributed by atoms with van der Waals surface area (Å²) < 4.78 is 0. The van der Waals surface area contributed by atoms with Gasteiger partial charge in [0.15, 0.2) is 0 Å². The highest BCUT2D eigenvalue weighted by Gasteiger charge is 2.45. The second-order valence-corrected chi connectivity index (χ2v) is 4.67. The van der Waals surface area contributed by atoms with Crippen LogP contribution in [-0.2, 0) is 6.54 Å². The van der Waals surface area contributed by atoms with Gasteiger partial charge in [-0.05, 0) is 24.8 Å². The van der Waals surface area contributed by atoms with Crippen LogP contribution in [-0.4, -0.2) is 16.2 Å². The monoisotopic (exact) mass is 179 g/mol. The smallest absolute Gasteiger partial charge is 0.0762 e. The van der Waals surface area contributed by atoms with Gasteiger partial charge in [0, 0.05) is 18.3 Å². The number of aromatic amines is 1. The van der Waals surface area contributed by atoms with Crippen LogP contribution in [0.4, 0.5) is 0 Å². The molecule has 1 unspecified atom stereocenters. The Bertz CT molecular complexity index is 301. The van der Waals surface area contributed by atoms with Crippen LogP contribution in [0.2, 0.25) is 0 Å². The van der Waals surface area contributed by atoms with Crippen molar-refractivity contribution in [2.24, 2.45) is 5.41 Å². The third-order valence-electron chi connectivity index (χ3n) is 2.80. The van der Waals surface area contributed by atoms with Crippen LogP contribution < -0.4 is 5.32 Å². The molecule has 1 aromatic heterocycles. The molecule has 0 aliphatic heterocycles. The number of aryl methyl sites for hydroxylation is 1. The van der Waals surface area contributed by atoms with Crippen LogP contribution in [0.1, 0.15) is 31.7 Å². The molecular weight excluding hydrogens is 162 g/mol. The molecule has 1 aliphatic carbocycles. The number of rotatable bonds is 3. The molecular formula is C10H17N3. The Morgan fingerprint density at radius 3 is 2.85 bits per heavy atom. The quantitative estimate of drug-likeness (QED) is 0.740. The van der Waals surface area contributed by atoms with Crippen molar-refractivity contribution >= 4 is 0 Å². The van der Waals surface area contributed by atoms with Gasteiger partial charge >= 0.3 is 0 Å². The van der Waals surface area contributed by atoms with Crippen molar-refractivity contribution < 1.29 is 0 Å². The topological polar surface area (TPSA) is 40.7 Å². The molecule has 1 heterocycles. The molecule has 1 saturated carbocycles. The summed E-state index contributed by atoms with van der Waals surface area (Å²) in [5.41, 5.74) is 2.75. The number of aromatic nitrogens is 2. The lowest BCUT2D eigenvalue weighted by atomic mass is 10.2. The van der Waals surface area contributed by atoms with E-state index >= 15 is 0 Å². The molecule has 3 heteroatoms. The summed E-state index contributed by atoms with van der Waals surface area (Å²) in [6, 6.07) is 2.77. The highest BCUT2D eigenvalue weighted by molar-refractivity contribution is 5.08. The Morgan fingerprint density at radius 2 is 2.38 bits per heavy atom. The van der Waals surface area contributed by atoms with Crippen LogP contribution in [0.15, 0.2) is 6.07 Å². The predicted molar refractivity (Wildman–Crippen MR) is 52.4 cm³/mol. The first-order chi connectivity index (χ1) is 6.08. The fraction of sp³-hybridized carbons (Fsp3) is 0.700. The van der Waals surface area contributed by atoms with Gasteiger partial charge in [-0.1, -0.05) is 13.8 Å². The summed E-state index contributed by atoms with van der Waals surface area (Å²) in [4.78, 5) is 0. The van der Waals surface area contributed by atoms with E-state index in [1.165, 1.54) is 6.42 Å². The molecule has 1 aliphatic rings. The van der Waals surface area contributed by atoms with Gasteiger partial charge in [-0.15, -0.1) is 0 Å². The van der Waals surface area contributed by atoms with Crippen molar-refractivity contribution in [3.05, 3.63) is 17.5 Å². The van der Waals surface area contributed by atoms with Crippen molar-refractivity contribution in [2.45, 2.75) is 39.8 Å². The zero-order valence-corrected chi connectivity index (χ0v) is 8.52. The van der Waals surface area contributed by atoms with Gasteiger partial charge < -0.3 is 5.32 Å². The van der Waals surface area contributed by atoms with E-state index in [9.17, 15) is 0 Å². The van der Waals surface area contributed by atoms with Crippen molar-refractivity contribution in [1.29, 1.82) is 0 Å². The molecule has 0 saturated heterocycles. The Morgan fingerprint density at radius 1 is 1.69 bits per heavy atom. The van der Waals surface area contributed by atoms with Crippen molar-refractivity contribution in [2.75, 3.05) is 0 Å². The molecule has 1 atom stereocenters. The van der Waals surface area contributed by atoms with Crippen LogP contribution in [0.3, 0.4) is 0 Å². The van der Waals surface area contributed by atoms with Gasteiger partial charge in [0.1, 0.15) is 0 Å². The maximum absolute atomic E-state index is 4.18. The summed E-state index contributed by atoms with van der Waals surface area (Å²) in [5.74, 6) is 0. The summed E-state index contributed by atoms with van der Waals surface area (Å²) in [6.45, 7) is 7.50. The van der Waals surface area contributed by atoms with Crippen LogP contribution in [0.5, 0.6) is 0 Å². The molecule has 0 aromatic carbocycles. The van der Waals surface area contributed by atoms with Crippen LogP contribution in [0, 0.1) is 12.3 Å². The first-order valence-electron chi connectivity index (χ1n) is 4.82. The molecule has 0 bridgehead atoms. The minimum atomic E-state index is 0.505. The third-order valence-corrected chi connectivity index (χ3v) is 2.80. The first-order valence-corrected chi connectivity index (χ1v) is 4.82. The summed E-state index contributed by atoms with van der Waals surface area (Å²) in [6.07, 6.45) is 1.29. The number of hydrogen-bond donors (Lipinski definition) is 2. The molecule has 1 fully saturated rings. The van der Waals surface area contributed by atoms with E-state index in [0.29, 0.717) is 11.5 Å². The van der Waals surface area contributed by atoms with E-state index in [1.807, 2.05) is 6.92 Å². The summed E-state index contributed by atoms with van der Waals surface area (Å²) in [7, 11) is 0. The minimum absolute atomic E-state index is 0.505. The lowest BCUT2D eigenvalue weighted by Crippen LogP contribution is -2.20. The molecule has 2 rings (SSSR count). The SMILES string of the molecule is Cc1cc(CNC2CC2(C)C)n[nH]1. The minimum Gasteiger partial charge on any atom is -0.308 e. The van der Waals surface area contributed by atoms with E-state index in [1.54, 1.807) is 0 Å². The normalized spacial score (nSPS) is 24.7. The van der Waals surface area contributed by atoms with Gasteiger partial charge in [-0.3, -0.25) is 5.10 Å². The van der Waals surface area contributed by atoms with E-state index in [0.717, 1.165) is 17.9 Å². The number of hydrogen-bond acceptors (Lipinski definition) is 2. The van der Waals surface area contributed by atoms with Gasteiger partial charge in [0.2, 0.25) is 0 Å². The average molecular weight is 179 g/mol. The van der Waals surface area contributed by atoms with Gasteiger partial charge in [0.25, 0.3) is 0 Å². The maximum atomic E-state index is 4.18. The van der Waals surface area contributed by atoms with Crippen LogP contribution in [0.25, 0.3) is 0 Å². The number of H-pyrrole nitrogens is 1. The van der Waals surface area contributed by atoms with Crippen molar-refractivity contribution in [3.8, 4) is 0 Å². The third kappa shape index (κ3) is 1.91. The number of nitrogens with zero attached hydrogens (tertiary/aromatic N) is 1. The molecule has 3 nitrogen and oxygen atoms in total. The van der Waals surface area contributed by atoms with Crippen molar-refractivity contribution in [3.63, 3.8) is 0 Å². The lowest BCUT2D eigenvalue weighted by Gasteiger charge is -2.03.